The lowest BCUT2D eigenvalue weighted by atomic mass is 10.0. The summed E-state index contributed by atoms with van der Waals surface area (Å²) in [5.41, 5.74) is 3.49. The number of aliphatic imine (C=N–C) groups is 1. The standard InChI is InChI=1S/C23H24N2O5/c26-14-21(28)23(30)22(29)20(27)13-25-17-9-6-15(7-10-17)5-8-16-11-12-24-19-4-2-1-3-18(16)19/h1-13,20-23,26-30H,14H2/b8-5+,25-13?. The molecule has 1 heterocycles. The van der Waals surface area contributed by atoms with Gasteiger partial charge in [-0.3, -0.25) is 9.98 Å². The molecule has 0 bridgehead atoms. The second kappa shape index (κ2) is 10.2. The van der Waals surface area contributed by atoms with E-state index in [9.17, 15) is 20.4 Å². The molecule has 0 aliphatic heterocycles. The van der Waals surface area contributed by atoms with Gasteiger partial charge >= 0.3 is 0 Å². The first-order chi connectivity index (χ1) is 14.5. The molecule has 7 nitrogen and oxygen atoms in total. The maximum absolute atomic E-state index is 9.88. The molecule has 30 heavy (non-hydrogen) atoms. The van der Waals surface area contributed by atoms with E-state index in [2.05, 4.69) is 9.98 Å². The van der Waals surface area contributed by atoms with Crippen molar-refractivity contribution >= 4 is 35.0 Å². The molecule has 0 amide bonds. The highest BCUT2D eigenvalue weighted by Crippen LogP contribution is 2.20. The lowest BCUT2D eigenvalue weighted by molar-refractivity contribution is -0.0999. The van der Waals surface area contributed by atoms with Gasteiger partial charge in [0.2, 0.25) is 0 Å². The molecule has 4 unspecified atom stereocenters. The van der Waals surface area contributed by atoms with Crippen molar-refractivity contribution in [3.05, 3.63) is 71.9 Å². The van der Waals surface area contributed by atoms with Crippen LogP contribution in [-0.2, 0) is 0 Å². The zero-order valence-corrected chi connectivity index (χ0v) is 16.2. The van der Waals surface area contributed by atoms with Gasteiger partial charge in [0.25, 0.3) is 0 Å². The van der Waals surface area contributed by atoms with Gasteiger partial charge in [-0.25, -0.2) is 0 Å². The molecule has 3 rings (SSSR count). The van der Waals surface area contributed by atoms with Crippen molar-refractivity contribution in [3.63, 3.8) is 0 Å². The number of pyridine rings is 1. The maximum atomic E-state index is 9.88. The van der Waals surface area contributed by atoms with Gasteiger partial charge in [0.05, 0.1) is 17.8 Å². The van der Waals surface area contributed by atoms with E-state index in [4.69, 9.17) is 5.11 Å². The second-order valence-electron chi connectivity index (χ2n) is 6.84. The Morgan fingerprint density at radius 3 is 2.33 bits per heavy atom. The van der Waals surface area contributed by atoms with Gasteiger partial charge in [-0.1, -0.05) is 42.5 Å². The third-order valence-electron chi connectivity index (χ3n) is 4.69. The summed E-state index contributed by atoms with van der Waals surface area (Å²) in [5, 5.41) is 48.5. The summed E-state index contributed by atoms with van der Waals surface area (Å²) in [6.07, 6.45) is 0.424. The zero-order valence-electron chi connectivity index (χ0n) is 16.2. The van der Waals surface area contributed by atoms with Gasteiger partial charge in [-0.15, -0.1) is 0 Å². The number of aliphatic hydroxyl groups excluding tert-OH is 5. The summed E-state index contributed by atoms with van der Waals surface area (Å²) in [5.74, 6) is 0. The topological polar surface area (TPSA) is 126 Å². The molecule has 0 saturated heterocycles. The molecular weight excluding hydrogens is 384 g/mol. The molecular formula is C23H24N2O5. The second-order valence-corrected chi connectivity index (χ2v) is 6.84. The minimum Gasteiger partial charge on any atom is -0.394 e. The van der Waals surface area contributed by atoms with Crippen LogP contribution in [-0.4, -0.2) is 67.8 Å². The van der Waals surface area contributed by atoms with Crippen LogP contribution >= 0.6 is 0 Å². The van der Waals surface area contributed by atoms with Crippen molar-refractivity contribution in [2.45, 2.75) is 24.4 Å². The van der Waals surface area contributed by atoms with Crippen LogP contribution in [0.3, 0.4) is 0 Å². The molecule has 5 N–H and O–H groups in total. The highest BCUT2D eigenvalue weighted by Gasteiger charge is 2.29. The average Bonchev–Trinajstić information content (AvgIpc) is 2.80. The molecule has 7 heteroatoms. The molecule has 4 atom stereocenters. The Morgan fingerprint density at radius 1 is 0.867 bits per heavy atom. The first-order valence-electron chi connectivity index (χ1n) is 9.49. The predicted molar refractivity (Wildman–Crippen MR) is 116 cm³/mol. The molecule has 3 aromatic rings. The molecule has 1 aromatic heterocycles. The molecule has 0 fully saturated rings. The van der Waals surface area contributed by atoms with E-state index in [1.165, 1.54) is 0 Å². The van der Waals surface area contributed by atoms with Crippen molar-refractivity contribution in [1.82, 2.24) is 4.98 Å². The van der Waals surface area contributed by atoms with Crippen LogP contribution in [0, 0.1) is 0 Å². The van der Waals surface area contributed by atoms with Gasteiger partial charge < -0.3 is 25.5 Å². The van der Waals surface area contributed by atoms with Crippen LogP contribution in [0.15, 0.2) is 65.8 Å². The van der Waals surface area contributed by atoms with Crippen LogP contribution in [0.2, 0.25) is 0 Å². The van der Waals surface area contributed by atoms with Crippen molar-refractivity contribution in [3.8, 4) is 0 Å². The molecule has 2 aromatic carbocycles. The van der Waals surface area contributed by atoms with Gasteiger partial charge in [0.1, 0.15) is 24.4 Å². The Hall–Kier alpha value is -2.94. The molecule has 0 aliphatic rings. The fraction of sp³-hybridized carbons (Fsp3) is 0.217. The number of fused-ring (bicyclic) bond motifs is 1. The normalized spacial score (nSPS) is 16.2. The Morgan fingerprint density at radius 2 is 1.60 bits per heavy atom. The van der Waals surface area contributed by atoms with Crippen LogP contribution in [0.1, 0.15) is 11.1 Å². The van der Waals surface area contributed by atoms with Crippen LogP contribution in [0.25, 0.3) is 23.1 Å². The fourth-order valence-corrected chi connectivity index (χ4v) is 2.91. The van der Waals surface area contributed by atoms with Crippen molar-refractivity contribution in [2.75, 3.05) is 6.61 Å². The number of hydrogen-bond donors (Lipinski definition) is 5. The lowest BCUT2D eigenvalue weighted by Crippen LogP contribution is -2.46. The summed E-state index contributed by atoms with van der Waals surface area (Å²) in [4.78, 5) is 8.42. The van der Waals surface area contributed by atoms with Crippen molar-refractivity contribution in [2.24, 2.45) is 4.99 Å². The molecule has 0 saturated carbocycles. The first kappa shape index (κ1) is 21.8. The Labute approximate surface area is 173 Å². The van der Waals surface area contributed by atoms with E-state index < -0.39 is 31.0 Å². The van der Waals surface area contributed by atoms with E-state index in [1.54, 1.807) is 18.3 Å². The first-order valence-corrected chi connectivity index (χ1v) is 9.49. The maximum Gasteiger partial charge on any atom is 0.118 e. The number of nitrogens with zero attached hydrogens (tertiary/aromatic N) is 2. The lowest BCUT2D eigenvalue weighted by Gasteiger charge is -2.23. The average molecular weight is 408 g/mol. The summed E-state index contributed by atoms with van der Waals surface area (Å²) in [6, 6.07) is 17.1. The van der Waals surface area contributed by atoms with Crippen LogP contribution in [0.4, 0.5) is 5.69 Å². The van der Waals surface area contributed by atoms with Gasteiger partial charge in [-0.05, 0) is 35.4 Å². The SMILES string of the molecule is OCC(O)C(O)C(O)C(O)C=Nc1ccc(/C=C/c2ccnc3ccccc23)cc1. The van der Waals surface area contributed by atoms with E-state index in [-0.39, 0.29) is 0 Å². The summed E-state index contributed by atoms with van der Waals surface area (Å²) in [6.45, 7) is -0.730. The summed E-state index contributed by atoms with van der Waals surface area (Å²) < 4.78 is 0. The fourth-order valence-electron chi connectivity index (χ4n) is 2.91. The van der Waals surface area contributed by atoms with E-state index in [0.29, 0.717) is 5.69 Å². The zero-order chi connectivity index (χ0) is 21.5. The number of benzene rings is 2. The Kier molecular flexibility index (Phi) is 7.40. The molecule has 0 aliphatic carbocycles. The van der Waals surface area contributed by atoms with Crippen molar-refractivity contribution < 1.29 is 25.5 Å². The van der Waals surface area contributed by atoms with Gasteiger partial charge in [0.15, 0.2) is 0 Å². The van der Waals surface area contributed by atoms with E-state index in [0.717, 1.165) is 28.2 Å². The Bertz CT molecular complexity index is 1010. The van der Waals surface area contributed by atoms with Gasteiger partial charge in [-0.2, -0.15) is 0 Å². The van der Waals surface area contributed by atoms with Crippen LogP contribution in [0.5, 0.6) is 0 Å². The van der Waals surface area contributed by atoms with E-state index in [1.807, 2.05) is 54.6 Å². The van der Waals surface area contributed by atoms with Gasteiger partial charge in [0, 0.05) is 17.8 Å². The quantitative estimate of drug-likeness (QED) is 0.360. The number of para-hydroxylation sites is 1. The smallest absolute Gasteiger partial charge is 0.118 e. The summed E-state index contributed by atoms with van der Waals surface area (Å²) in [7, 11) is 0. The Balaban J connectivity index is 1.66. The summed E-state index contributed by atoms with van der Waals surface area (Å²) >= 11 is 0. The van der Waals surface area contributed by atoms with Crippen molar-refractivity contribution in [1.29, 1.82) is 0 Å². The predicted octanol–water partition coefficient (Wildman–Crippen LogP) is 1.54. The van der Waals surface area contributed by atoms with E-state index >= 15 is 0 Å². The highest BCUT2D eigenvalue weighted by atomic mass is 16.4. The minimum atomic E-state index is -1.69. The minimum absolute atomic E-state index is 0.546. The number of aromatic nitrogens is 1. The third-order valence-corrected chi connectivity index (χ3v) is 4.69. The number of aliphatic hydroxyl groups is 5. The largest absolute Gasteiger partial charge is 0.394 e. The monoisotopic (exact) mass is 408 g/mol. The molecule has 156 valence electrons. The van der Waals surface area contributed by atoms with Crippen LogP contribution < -0.4 is 0 Å². The molecule has 0 spiro atoms. The third kappa shape index (κ3) is 5.35. The number of hydrogen-bond acceptors (Lipinski definition) is 7. The molecule has 0 radical (unpaired) electrons. The highest BCUT2D eigenvalue weighted by molar-refractivity contribution is 5.90. The number of rotatable bonds is 8.